The van der Waals surface area contributed by atoms with Crippen molar-refractivity contribution in [3.8, 4) is 11.1 Å². The van der Waals surface area contributed by atoms with E-state index in [9.17, 15) is 0 Å². The summed E-state index contributed by atoms with van der Waals surface area (Å²) in [5, 5.41) is 0. The summed E-state index contributed by atoms with van der Waals surface area (Å²) in [5.74, 6) is 0. The second-order valence-electron chi connectivity index (χ2n) is 5.00. The largest absolute Gasteiger partial charge is 0.0565 e. The average Bonchev–Trinajstić information content (AvgIpc) is 2.48. The van der Waals surface area contributed by atoms with E-state index in [0.29, 0.717) is 0 Å². The van der Waals surface area contributed by atoms with Crippen molar-refractivity contribution in [1.82, 2.24) is 0 Å². The molecule has 0 aliphatic heterocycles. The van der Waals surface area contributed by atoms with Gasteiger partial charge in [0.25, 0.3) is 0 Å². The second-order valence-corrected chi connectivity index (χ2v) is 7.17. The number of hydrogen-bond acceptors (Lipinski definition) is 0. The van der Waals surface area contributed by atoms with E-state index >= 15 is 0 Å². The summed E-state index contributed by atoms with van der Waals surface area (Å²) in [6.45, 7) is 4.61. The first-order valence-corrected chi connectivity index (χ1v) is 7.48. The van der Waals surface area contributed by atoms with Crippen LogP contribution in [0.2, 0.25) is 0 Å². The van der Waals surface area contributed by atoms with Gasteiger partial charge in [0.15, 0.2) is 0 Å². The van der Waals surface area contributed by atoms with Gasteiger partial charge < -0.3 is 0 Å². The molecule has 1 aliphatic carbocycles. The predicted molar refractivity (Wildman–Crippen MR) is 84.4 cm³/mol. The molecule has 2 aromatic rings. The molecule has 0 heterocycles. The molecular formula is C15H12BrI. The minimum atomic E-state index is 0.110. The van der Waals surface area contributed by atoms with Gasteiger partial charge in [-0.05, 0) is 69.1 Å². The molecule has 0 saturated heterocycles. The molecule has 0 radical (unpaired) electrons. The van der Waals surface area contributed by atoms with E-state index in [0.717, 1.165) is 4.47 Å². The zero-order chi connectivity index (χ0) is 12.2. The van der Waals surface area contributed by atoms with Gasteiger partial charge in [-0.1, -0.05) is 41.9 Å². The molecule has 1 aliphatic rings. The lowest BCUT2D eigenvalue weighted by atomic mass is 9.82. The molecule has 0 spiro atoms. The second kappa shape index (κ2) is 3.82. The fraction of sp³-hybridized carbons (Fsp3) is 0.200. The van der Waals surface area contributed by atoms with Crippen LogP contribution in [0.15, 0.2) is 40.9 Å². The third kappa shape index (κ3) is 1.68. The Bertz CT molecular complexity index is 614. The van der Waals surface area contributed by atoms with Crippen molar-refractivity contribution in [2.45, 2.75) is 19.3 Å². The molecule has 2 heteroatoms. The van der Waals surface area contributed by atoms with Crippen molar-refractivity contribution < 1.29 is 0 Å². The topological polar surface area (TPSA) is 0 Å². The highest BCUT2D eigenvalue weighted by Gasteiger charge is 2.35. The van der Waals surface area contributed by atoms with Crippen molar-refractivity contribution in [1.29, 1.82) is 0 Å². The van der Waals surface area contributed by atoms with E-state index < -0.39 is 0 Å². The van der Waals surface area contributed by atoms with Crippen LogP contribution >= 0.6 is 38.5 Å². The molecule has 3 rings (SSSR count). The van der Waals surface area contributed by atoms with Crippen LogP contribution in [0.3, 0.4) is 0 Å². The van der Waals surface area contributed by atoms with Crippen molar-refractivity contribution in [2.75, 3.05) is 0 Å². The smallest absolute Gasteiger partial charge is 0.0178 e. The molecule has 0 N–H and O–H groups in total. The molecule has 86 valence electrons. The Hall–Kier alpha value is -0.350. The van der Waals surface area contributed by atoms with Gasteiger partial charge in [-0.3, -0.25) is 0 Å². The van der Waals surface area contributed by atoms with E-state index in [1.54, 1.807) is 0 Å². The van der Waals surface area contributed by atoms with Crippen LogP contribution in [-0.2, 0) is 5.41 Å². The third-order valence-electron chi connectivity index (χ3n) is 3.60. The van der Waals surface area contributed by atoms with Crippen molar-refractivity contribution in [3.63, 3.8) is 0 Å². The average molecular weight is 399 g/mol. The van der Waals surface area contributed by atoms with Crippen molar-refractivity contribution in [2.24, 2.45) is 0 Å². The number of hydrogen-bond donors (Lipinski definition) is 0. The summed E-state index contributed by atoms with van der Waals surface area (Å²) >= 11 is 5.96. The van der Waals surface area contributed by atoms with Crippen molar-refractivity contribution >= 4 is 38.5 Å². The maximum absolute atomic E-state index is 3.57. The predicted octanol–water partition coefficient (Wildman–Crippen LogP) is 5.36. The molecule has 0 fully saturated rings. The fourth-order valence-electron chi connectivity index (χ4n) is 2.70. The standard InChI is InChI=1S/C15H12BrI/c1-15(2)13-6-4-10(17)8-12(13)11-5-3-9(16)7-14(11)15/h3-8H,1-2H3. The normalized spacial score (nSPS) is 15.5. The van der Waals surface area contributed by atoms with Gasteiger partial charge in [0.1, 0.15) is 0 Å². The first kappa shape index (κ1) is 11.7. The van der Waals surface area contributed by atoms with Gasteiger partial charge in [-0.2, -0.15) is 0 Å². The van der Waals surface area contributed by atoms with Gasteiger partial charge in [0, 0.05) is 13.5 Å². The Morgan fingerprint density at radius 2 is 1.71 bits per heavy atom. The highest BCUT2D eigenvalue weighted by molar-refractivity contribution is 14.1. The molecular weight excluding hydrogens is 387 g/mol. The molecule has 2 aromatic carbocycles. The Kier molecular flexibility index (Phi) is 2.63. The number of benzene rings is 2. The lowest BCUT2D eigenvalue weighted by molar-refractivity contribution is 0.660. The molecule has 17 heavy (non-hydrogen) atoms. The zero-order valence-corrected chi connectivity index (χ0v) is 13.5. The molecule has 0 aromatic heterocycles. The minimum absolute atomic E-state index is 0.110. The first-order valence-electron chi connectivity index (χ1n) is 5.60. The van der Waals surface area contributed by atoms with E-state index in [-0.39, 0.29) is 5.41 Å². The summed E-state index contributed by atoms with van der Waals surface area (Å²) in [5.41, 5.74) is 5.74. The molecule has 0 saturated carbocycles. The van der Waals surface area contributed by atoms with Gasteiger partial charge in [-0.15, -0.1) is 0 Å². The first-order chi connectivity index (χ1) is 8.00. The monoisotopic (exact) mass is 398 g/mol. The van der Waals surface area contributed by atoms with Gasteiger partial charge >= 0.3 is 0 Å². The summed E-state index contributed by atoms with van der Waals surface area (Å²) in [6.07, 6.45) is 0. The maximum atomic E-state index is 3.57. The molecule has 0 atom stereocenters. The van der Waals surface area contributed by atoms with E-state index in [1.165, 1.54) is 25.8 Å². The fourth-order valence-corrected chi connectivity index (χ4v) is 3.55. The highest BCUT2D eigenvalue weighted by atomic mass is 127. The molecule has 0 nitrogen and oxygen atoms in total. The van der Waals surface area contributed by atoms with Crippen LogP contribution in [-0.4, -0.2) is 0 Å². The summed E-state index contributed by atoms with van der Waals surface area (Å²) in [6, 6.07) is 13.4. The van der Waals surface area contributed by atoms with Crippen LogP contribution in [0.4, 0.5) is 0 Å². The van der Waals surface area contributed by atoms with E-state index in [1.807, 2.05) is 0 Å². The minimum Gasteiger partial charge on any atom is -0.0565 e. The number of fused-ring (bicyclic) bond motifs is 3. The van der Waals surface area contributed by atoms with Gasteiger partial charge in [0.2, 0.25) is 0 Å². The van der Waals surface area contributed by atoms with Crippen LogP contribution in [0.1, 0.15) is 25.0 Å². The number of rotatable bonds is 0. The summed E-state index contributed by atoms with van der Waals surface area (Å²) in [7, 11) is 0. The molecule has 0 unspecified atom stereocenters. The van der Waals surface area contributed by atoms with Crippen LogP contribution in [0.5, 0.6) is 0 Å². The van der Waals surface area contributed by atoms with E-state index in [2.05, 4.69) is 88.8 Å². The van der Waals surface area contributed by atoms with Gasteiger partial charge in [-0.25, -0.2) is 0 Å². The van der Waals surface area contributed by atoms with E-state index in [4.69, 9.17) is 0 Å². The van der Waals surface area contributed by atoms with Crippen molar-refractivity contribution in [3.05, 3.63) is 55.6 Å². The lowest BCUT2D eigenvalue weighted by Gasteiger charge is -2.21. The van der Waals surface area contributed by atoms with Gasteiger partial charge in [0.05, 0.1) is 0 Å². The zero-order valence-electron chi connectivity index (χ0n) is 9.72. The summed E-state index contributed by atoms with van der Waals surface area (Å²) < 4.78 is 2.46. The Labute approximate surface area is 124 Å². The Morgan fingerprint density at radius 1 is 0.941 bits per heavy atom. The highest BCUT2D eigenvalue weighted by Crippen LogP contribution is 2.49. The third-order valence-corrected chi connectivity index (χ3v) is 4.76. The SMILES string of the molecule is CC1(C)c2ccc(I)cc2-c2ccc(Br)cc21. The quantitative estimate of drug-likeness (QED) is 0.524. The van der Waals surface area contributed by atoms with Crippen LogP contribution < -0.4 is 0 Å². The Morgan fingerprint density at radius 3 is 2.47 bits per heavy atom. The number of halogens is 2. The Balaban J connectivity index is 2.38. The lowest BCUT2D eigenvalue weighted by Crippen LogP contribution is -2.14. The molecule has 0 amide bonds. The van der Waals surface area contributed by atoms with Crippen LogP contribution in [0.25, 0.3) is 11.1 Å². The van der Waals surface area contributed by atoms with Crippen LogP contribution in [0, 0.1) is 3.57 Å². The molecule has 0 bridgehead atoms. The maximum Gasteiger partial charge on any atom is 0.0178 e. The summed E-state index contributed by atoms with van der Waals surface area (Å²) in [4.78, 5) is 0.